The van der Waals surface area contributed by atoms with Gasteiger partial charge in [-0.15, -0.1) is 0 Å². The molecule has 0 fully saturated rings. The minimum absolute atomic E-state index is 0. The van der Waals surface area contributed by atoms with E-state index >= 15 is 0 Å². The summed E-state index contributed by atoms with van der Waals surface area (Å²) in [6, 6.07) is 0. The average Bonchev–Trinajstić information content (AvgIpc) is 2.74. The second kappa shape index (κ2) is 33.9. The molecule has 0 aromatic carbocycles. The van der Waals surface area contributed by atoms with Gasteiger partial charge in [0.2, 0.25) is 5.69 Å². The Hall–Kier alpha value is 2.72. The average molecular weight is 685 g/mol. The molecule has 4 N–H and O–H groups in total. The van der Waals surface area contributed by atoms with E-state index in [4.69, 9.17) is 35.6 Å². The molecule has 0 bridgehead atoms. The summed E-state index contributed by atoms with van der Waals surface area (Å²) in [5, 5.41) is 0. The molecule has 6 nitrogen and oxygen atoms in total. The minimum Gasteiger partial charge on any atom is -1.00 e. The van der Waals surface area contributed by atoms with Crippen LogP contribution in [0.5, 0.6) is 0 Å². The van der Waals surface area contributed by atoms with Gasteiger partial charge in [0.25, 0.3) is 0 Å². The molecule has 0 aliphatic rings. The summed E-state index contributed by atoms with van der Waals surface area (Å²) < 4.78 is 14.5. The Balaban J connectivity index is -0.000000387. The molecule has 216 valence electrons. The third-order valence-corrected chi connectivity index (χ3v) is 9.92. The summed E-state index contributed by atoms with van der Waals surface area (Å²) in [4.78, 5) is 31.8. The molecule has 0 aromatic rings. The molecule has 0 saturated carbocycles. The molecule has 0 spiro atoms. The maximum absolute atomic E-state index is 10.3. The molecule has 0 aromatic heterocycles. The predicted octanol–water partition coefficient (Wildman–Crippen LogP) is 5.98. The molecule has 1 atom stereocenters. The second-order valence-electron chi connectivity index (χ2n) is 9.01. The van der Waals surface area contributed by atoms with Gasteiger partial charge in [-0.1, -0.05) is 141 Å². The zero-order chi connectivity index (χ0) is 26.0. The van der Waals surface area contributed by atoms with Crippen LogP contribution >= 0.6 is 24.9 Å². The van der Waals surface area contributed by atoms with Crippen LogP contribution in [-0.4, -0.2) is 31.9 Å². The first-order valence-electron chi connectivity index (χ1n) is 13.5. The molecule has 0 radical (unpaired) electrons. The Labute approximate surface area is 269 Å². The topological polar surface area (TPSA) is 107 Å². The molecular weight excluding hydrogens is 629 g/mol. The standard InChI is InChI=1S/C24H51O2PS2.Mo.Na.H3O4P.H/c1-3-5-7-9-11-13-15-17-19-21-23-26-27(25,28)29-24-22-20-18-16-14-12-10-8-6-4-2;;;1-5(2,3)4;/h3-24H2,1-2H3,(H,25,28);;;(H3,1,2,3,4);/q;;+1;;-1. The number of hydrogen-bond donors (Lipinski definition) is 4. The molecular formula is C24H55MoNaO6P2S2. The van der Waals surface area contributed by atoms with Crippen LogP contribution in [0.1, 0.15) is 144 Å². The predicted molar refractivity (Wildman–Crippen MR) is 154 cm³/mol. The van der Waals surface area contributed by atoms with Crippen molar-refractivity contribution in [3.05, 3.63) is 0 Å². The molecule has 1 unspecified atom stereocenters. The van der Waals surface area contributed by atoms with Gasteiger partial charge in [0.05, 0.1) is 6.61 Å². The van der Waals surface area contributed by atoms with Crippen LogP contribution in [0.3, 0.4) is 0 Å². The zero-order valence-corrected chi connectivity index (χ0v) is 30.7. The van der Waals surface area contributed by atoms with E-state index < -0.39 is 13.5 Å². The molecule has 12 heteroatoms. The third-order valence-electron chi connectivity index (χ3n) is 5.50. The monoisotopic (exact) mass is 686 g/mol. The summed E-state index contributed by atoms with van der Waals surface area (Å²) in [6.45, 7) is 5.17. The van der Waals surface area contributed by atoms with Gasteiger partial charge in [0.1, 0.15) is 0 Å². The van der Waals surface area contributed by atoms with Gasteiger partial charge in [-0.25, -0.2) is 4.57 Å². The van der Waals surface area contributed by atoms with Gasteiger partial charge >= 0.3 is 37.4 Å². The second-order valence-corrected chi connectivity index (χ2v) is 16.3. The fraction of sp³-hybridized carbons (Fsp3) is 1.00. The van der Waals surface area contributed by atoms with Crippen LogP contribution in [0.15, 0.2) is 0 Å². The number of hydrogen-bond acceptors (Lipinski definition) is 4. The largest absolute Gasteiger partial charge is 1.00 e. The van der Waals surface area contributed by atoms with Crippen LogP contribution in [-0.2, 0) is 42.0 Å². The maximum atomic E-state index is 10.3. The van der Waals surface area contributed by atoms with Crippen LogP contribution in [0, 0.1) is 0 Å². The Kier molecular flexibility index (Phi) is 43.1. The quantitative estimate of drug-likeness (QED) is 0.0560. The van der Waals surface area contributed by atoms with Crippen LogP contribution in [0.25, 0.3) is 0 Å². The SMILES string of the molecule is CCCCCCCCCCCCOP(O)(=S)SCCCCCCCCCCCC.O=P(O)(O)O.[H-].[Mo].[Na+]. The molecule has 0 rings (SSSR count). The van der Waals surface area contributed by atoms with Crippen molar-refractivity contribution in [1.29, 1.82) is 0 Å². The summed E-state index contributed by atoms with van der Waals surface area (Å²) in [6.07, 6.45) is 26.6. The van der Waals surface area contributed by atoms with Crippen LogP contribution in [0.4, 0.5) is 0 Å². The summed E-state index contributed by atoms with van der Waals surface area (Å²) in [5.74, 6) is 0.947. The minimum atomic E-state index is -4.64. The molecule has 0 aliphatic heterocycles. The van der Waals surface area contributed by atoms with Gasteiger partial charge in [0.15, 0.2) is 0 Å². The zero-order valence-electron chi connectivity index (χ0n) is 24.3. The van der Waals surface area contributed by atoms with Crippen molar-refractivity contribution in [1.82, 2.24) is 0 Å². The van der Waals surface area contributed by atoms with Gasteiger partial charge in [-0.2, -0.15) is 0 Å². The van der Waals surface area contributed by atoms with Crippen molar-refractivity contribution >= 4 is 36.7 Å². The smallest absolute Gasteiger partial charge is 1.00 e. The third kappa shape index (κ3) is 49.6. The fourth-order valence-corrected chi connectivity index (χ4v) is 7.00. The first-order chi connectivity index (χ1) is 16.1. The van der Waals surface area contributed by atoms with Gasteiger partial charge in [-0.3, -0.25) is 0 Å². The maximum Gasteiger partial charge on any atom is 1.00 e. The number of rotatable bonds is 24. The van der Waals surface area contributed by atoms with Crippen molar-refractivity contribution in [2.45, 2.75) is 142 Å². The molecule has 0 amide bonds. The van der Waals surface area contributed by atoms with E-state index in [1.54, 1.807) is 0 Å². The molecule has 0 heterocycles. The Bertz CT molecular complexity index is 487. The normalized spacial score (nSPS) is 12.6. The fourth-order valence-electron chi connectivity index (χ4n) is 3.58. The van der Waals surface area contributed by atoms with E-state index in [0.717, 1.165) is 18.6 Å². The summed E-state index contributed by atoms with van der Waals surface area (Å²) in [5.41, 5.74) is -2.60. The molecule has 0 aliphatic carbocycles. The number of phosphoric acid groups is 1. The van der Waals surface area contributed by atoms with E-state index in [9.17, 15) is 4.89 Å². The molecule has 0 saturated heterocycles. The van der Waals surface area contributed by atoms with Crippen LogP contribution < -0.4 is 29.6 Å². The first kappa shape index (κ1) is 45.7. The molecule has 36 heavy (non-hydrogen) atoms. The van der Waals surface area contributed by atoms with Crippen molar-refractivity contribution in [3.63, 3.8) is 0 Å². The summed E-state index contributed by atoms with van der Waals surface area (Å²) >= 11 is 6.79. The Morgan fingerprint density at radius 2 is 0.917 bits per heavy atom. The van der Waals surface area contributed by atoms with E-state index in [0.29, 0.717) is 6.61 Å². The van der Waals surface area contributed by atoms with Crippen molar-refractivity contribution in [2.24, 2.45) is 0 Å². The van der Waals surface area contributed by atoms with E-state index in [2.05, 4.69) is 13.8 Å². The van der Waals surface area contributed by atoms with Gasteiger partial charge < -0.3 is 25.5 Å². The number of unbranched alkanes of at least 4 members (excludes halogenated alkanes) is 18. The van der Waals surface area contributed by atoms with E-state index in [1.807, 2.05) is 0 Å². The van der Waals surface area contributed by atoms with Crippen molar-refractivity contribution in [3.8, 4) is 0 Å². The van der Waals surface area contributed by atoms with Crippen molar-refractivity contribution in [2.75, 3.05) is 12.4 Å². The van der Waals surface area contributed by atoms with Crippen LogP contribution in [0.2, 0.25) is 0 Å². The van der Waals surface area contributed by atoms with Gasteiger partial charge in [-0.05, 0) is 24.6 Å². The van der Waals surface area contributed by atoms with Crippen molar-refractivity contribution < 1.29 is 80.7 Å². The van der Waals surface area contributed by atoms with E-state index in [-0.39, 0.29) is 52.0 Å². The van der Waals surface area contributed by atoms with E-state index in [1.165, 1.54) is 127 Å². The van der Waals surface area contributed by atoms with Gasteiger partial charge in [0, 0.05) is 26.8 Å². The Morgan fingerprint density at radius 3 is 1.25 bits per heavy atom. The first-order valence-corrected chi connectivity index (χ1v) is 19.4. The summed E-state index contributed by atoms with van der Waals surface area (Å²) in [7, 11) is -4.64. The Morgan fingerprint density at radius 1 is 0.639 bits per heavy atom.